The van der Waals surface area contributed by atoms with Gasteiger partial charge in [0.1, 0.15) is 13.2 Å². The monoisotopic (exact) mass is 431 g/mol. The van der Waals surface area contributed by atoms with Crippen molar-refractivity contribution in [2.24, 2.45) is 0 Å². The van der Waals surface area contributed by atoms with Gasteiger partial charge in [-0.3, -0.25) is 0 Å². The number of carbonyl (C=O) groups is 2. The summed E-state index contributed by atoms with van der Waals surface area (Å²) < 4.78 is 37.2. The van der Waals surface area contributed by atoms with Crippen LogP contribution < -0.4 is 0 Å². The first-order valence-corrected chi connectivity index (χ1v) is 11.4. The van der Waals surface area contributed by atoms with E-state index in [1.165, 1.54) is 28.6 Å². The lowest BCUT2D eigenvalue weighted by atomic mass is 10.2. The zero-order valence-electron chi connectivity index (χ0n) is 16.7. The van der Waals surface area contributed by atoms with Crippen LogP contribution in [0.15, 0.2) is 59.5 Å². The summed E-state index contributed by atoms with van der Waals surface area (Å²) in [5.41, 5.74) is 0.657. The van der Waals surface area contributed by atoms with E-state index in [0.29, 0.717) is 18.7 Å². The quantitative estimate of drug-likeness (QED) is 0.494. The van der Waals surface area contributed by atoms with Crippen molar-refractivity contribution in [1.82, 2.24) is 4.31 Å². The van der Waals surface area contributed by atoms with Crippen LogP contribution in [0.25, 0.3) is 0 Å². The third-order valence-electron chi connectivity index (χ3n) is 4.85. The number of ether oxygens (including phenoxy) is 2. The maximum Gasteiger partial charge on any atom is 0.338 e. The zero-order chi connectivity index (χ0) is 21.4. The second kappa shape index (κ2) is 10.4. The number of benzene rings is 2. The van der Waals surface area contributed by atoms with E-state index in [2.05, 4.69) is 0 Å². The molecule has 0 atom stereocenters. The molecular formula is C22H25NO6S. The number of sulfonamides is 1. The molecule has 2 aromatic carbocycles. The van der Waals surface area contributed by atoms with Crippen LogP contribution in [0.1, 0.15) is 46.4 Å². The zero-order valence-corrected chi connectivity index (χ0v) is 17.5. The Bertz CT molecular complexity index is 949. The normalized spacial score (nSPS) is 15.2. The van der Waals surface area contributed by atoms with Crippen molar-refractivity contribution in [2.75, 3.05) is 26.3 Å². The molecule has 7 nitrogen and oxygen atoms in total. The smallest absolute Gasteiger partial charge is 0.338 e. The van der Waals surface area contributed by atoms with Crippen LogP contribution >= 0.6 is 0 Å². The summed E-state index contributed by atoms with van der Waals surface area (Å²) in [6, 6.07) is 14.2. The molecule has 2 aromatic rings. The predicted octanol–water partition coefficient (Wildman–Crippen LogP) is 3.27. The molecule has 1 saturated heterocycles. The van der Waals surface area contributed by atoms with Gasteiger partial charge in [-0.25, -0.2) is 18.0 Å². The van der Waals surface area contributed by atoms with Crippen molar-refractivity contribution in [3.05, 3.63) is 65.7 Å². The lowest BCUT2D eigenvalue weighted by Crippen LogP contribution is -2.31. The minimum absolute atomic E-state index is 0.0686. The van der Waals surface area contributed by atoms with Gasteiger partial charge in [0, 0.05) is 13.1 Å². The summed E-state index contributed by atoms with van der Waals surface area (Å²) in [6.45, 7) is 0.883. The maximum atomic E-state index is 12.8. The Morgan fingerprint density at radius 2 is 1.23 bits per heavy atom. The van der Waals surface area contributed by atoms with E-state index in [0.717, 1.165) is 25.7 Å². The van der Waals surface area contributed by atoms with Crippen LogP contribution in [0.3, 0.4) is 0 Å². The highest BCUT2D eigenvalue weighted by molar-refractivity contribution is 7.89. The van der Waals surface area contributed by atoms with Crippen molar-refractivity contribution in [3.8, 4) is 0 Å². The van der Waals surface area contributed by atoms with Crippen LogP contribution in [0, 0.1) is 0 Å². The first kappa shape index (κ1) is 22.0. The van der Waals surface area contributed by atoms with Crippen molar-refractivity contribution in [3.63, 3.8) is 0 Å². The van der Waals surface area contributed by atoms with Gasteiger partial charge < -0.3 is 9.47 Å². The molecule has 0 aromatic heterocycles. The highest BCUT2D eigenvalue weighted by Crippen LogP contribution is 2.20. The van der Waals surface area contributed by atoms with Gasteiger partial charge in [-0.2, -0.15) is 4.31 Å². The molecule has 0 N–H and O–H groups in total. The fraction of sp³-hybridized carbons (Fsp3) is 0.364. The van der Waals surface area contributed by atoms with Crippen molar-refractivity contribution >= 4 is 22.0 Å². The highest BCUT2D eigenvalue weighted by Gasteiger charge is 2.25. The summed E-state index contributed by atoms with van der Waals surface area (Å²) in [5, 5.41) is 0. The van der Waals surface area contributed by atoms with Crippen LogP contribution in [0.4, 0.5) is 0 Å². The summed E-state index contributed by atoms with van der Waals surface area (Å²) in [5.74, 6) is -1.10. The number of hydrogen-bond acceptors (Lipinski definition) is 6. The molecule has 1 fully saturated rings. The number of esters is 2. The van der Waals surface area contributed by atoms with Crippen LogP contribution in [-0.2, 0) is 19.5 Å². The van der Waals surface area contributed by atoms with E-state index in [1.54, 1.807) is 30.3 Å². The van der Waals surface area contributed by atoms with Gasteiger partial charge in [-0.05, 0) is 49.2 Å². The van der Waals surface area contributed by atoms with Gasteiger partial charge in [-0.1, -0.05) is 31.0 Å². The Balaban J connectivity index is 1.50. The second-order valence-corrected chi connectivity index (χ2v) is 8.92. The van der Waals surface area contributed by atoms with E-state index in [-0.39, 0.29) is 23.7 Å². The molecule has 0 radical (unpaired) electrons. The van der Waals surface area contributed by atoms with E-state index >= 15 is 0 Å². The van der Waals surface area contributed by atoms with Gasteiger partial charge in [-0.15, -0.1) is 0 Å². The topological polar surface area (TPSA) is 90.0 Å². The second-order valence-electron chi connectivity index (χ2n) is 6.98. The fourth-order valence-corrected chi connectivity index (χ4v) is 4.72. The lowest BCUT2D eigenvalue weighted by molar-refractivity contribution is 0.0265. The maximum absolute atomic E-state index is 12.8. The number of nitrogens with zero attached hydrogens (tertiary/aromatic N) is 1. The molecule has 0 bridgehead atoms. The van der Waals surface area contributed by atoms with E-state index in [1.807, 2.05) is 0 Å². The van der Waals surface area contributed by atoms with Crippen LogP contribution in [-0.4, -0.2) is 51.0 Å². The molecule has 1 aliphatic rings. The molecule has 0 aliphatic carbocycles. The summed E-state index contributed by atoms with van der Waals surface area (Å²) in [6.07, 6.45) is 3.80. The minimum atomic E-state index is -3.56. The third kappa shape index (κ3) is 5.67. The Morgan fingerprint density at radius 3 is 1.77 bits per heavy atom. The summed E-state index contributed by atoms with van der Waals surface area (Å²) in [7, 11) is -3.56. The Kier molecular flexibility index (Phi) is 7.59. The molecule has 0 spiro atoms. The van der Waals surface area contributed by atoms with Gasteiger partial charge >= 0.3 is 11.9 Å². The largest absolute Gasteiger partial charge is 0.458 e. The summed E-state index contributed by atoms with van der Waals surface area (Å²) >= 11 is 0. The highest BCUT2D eigenvalue weighted by atomic mass is 32.2. The standard InChI is InChI=1S/C22H25NO6S/c24-21(18-8-4-3-5-9-18)28-16-17-29-22(25)19-10-12-20(13-11-19)30(26,27)23-14-6-1-2-7-15-23/h3-5,8-13H,1-2,6-7,14-17H2. The van der Waals surface area contributed by atoms with E-state index in [4.69, 9.17) is 9.47 Å². The average Bonchev–Trinajstić information content (AvgIpc) is 3.07. The van der Waals surface area contributed by atoms with Gasteiger partial charge in [0.15, 0.2) is 0 Å². The van der Waals surface area contributed by atoms with Gasteiger partial charge in [0.2, 0.25) is 10.0 Å². The molecule has 0 unspecified atom stereocenters. The molecule has 160 valence electrons. The Hall–Kier alpha value is -2.71. The lowest BCUT2D eigenvalue weighted by Gasteiger charge is -2.20. The van der Waals surface area contributed by atoms with Crippen LogP contribution in [0.5, 0.6) is 0 Å². The Morgan fingerprint density at radius 1 is 0.733 bits per heavy atom. The first-order chi connectivity index (χ1) is 14.5. The SMILES string of the molecule is O=C(OCCOC(=O)c1ccc(S(=O)(=O)N2CCCCCC2)cc1)c1ccccc1. The molecule has 30 heavy (non-hydrogen) atoms. The fourth-order valence-electron chi connectivity index (χ4n) is 3.20. The first-order valence-electron chi connectivity index (χ1n) is 9.98. The third-order valence-corrected chi connectivity index (χ3v) is 6.76. The number of hydrogen-bond donors (Lipinski definition) is 0. The van der Waals surface area contributed by atoms with Crippen molar-refractivity contribution < 1.29 is 27.5 Å². The molecule has 8 heteroatoms. The minimum Gasteiger partial charge on any atom is -0.458 e. The van der Waals surface area contributed by atoms with E-state index in [9.17, 15) is 18.0 Å². The van der Waals surface area contributed by atoms with Gasteiger partial charge in [0.05, 0.1) is 16.0 Å². The number of rotatable bonds is 7. The van der Waals surface area contributed by atoms with E-state index < -0.39 is 22.0 Å². The molecular weight excluding hydrogens is 406 g/mol. The van der Waals surface area contributed by atoms with Crippen molar-refractivity contribution in [2.45, 2.75) is 30.6 Å². The molecule has 0 saturated carbocycles. The molecule has 1 aliphatic heterocycles. The average molecular weight is 432 g/mol. The van der Waals surface area contributed by atoms with Crippen molar-refractivity contribution in [1.29, 1.82) is 0 Å². The summed E-state index contributed by atoms with van der Waals surface area (Å²) in [4.78, 5) is 24.1. The van der Waals surface area contributed by atoms with Gasteiger partial charge in [0.25, 0.3) is 0 Å². The molecule has 1 heterocycles. The predicted molar refractivity (Wildman–Crippen MR) is 111 cm³/mol. The van der Waals surface area contributed by atoms with Crippen LogP contribution in [0.2, 0.25) is 0 Å². The molecule has 0 amide bonds. The Labute approximate surface area is 176 Å². The number of carbonyl (C=O) groups excluding carboxylic acids is 2. The molecule has 3 rings (SSSR count).